The lowest BCUT2D eigenvalue weighted by Crippen LogP contribution is -2.39. The van der Waals surface area contributed by atoms with Gasteiger partial charge in [-0.3, -0.25) is 4.79 Å². The average Bonchev–Trinajstić information content (AvgIpc) is 3.07. The molecule has 33 heavy (non-hydrogen) atoms. The van der Waals surface area contributed by atoms with Gasteiger partial charge in [-0.05, 0) is 63.3 Å². The Bertz CT molecular complexity index is 1070. The van der Waals surface area contributed by atoms with Crippen molar-refractivity contribution in [3.8, 4) is 0 Å². The van der Waals surface area contributed by atoms with Gasteiger partial charge in [0.2, 0.25) is 0 Å². The number of hydrogen-bond donors (Lipinski definition) is 2. The fraction of sp³-hybridized carbons (Fsp3) is 0.519. The van der Waals surface area contributed by atoms with Crippen molar-refractivity contribution in [3.63, 3.8) is 0 Å². The van der Waals surface area contributed by atoms with Crippen LogP contribution in [0.2, 0.25) is 0 Å². The van der Waals surface area contributed by atoms with Crippen molar-refractivity contribution in [3.05, 3.63) is 47.9 Å². The number of amides is 1. The van der Waals surface area contributed by atoms with E-state index >= 15 is 0 Å². The number of rotatable bonds is 9. The first-order valence-electron chi connectivity index (χ1n) is 12.5. The summed E-state index contributed by atoms with van der Waals surface area (Å²) < 4.78 is 14.4. The van der Waals surface area contributed by atoms with Crippen molar-refractivity contribution in [2.45, 2.75) is 52.0 Å². The minimum Gasteiger partial charge on any atom is -0.350 e. The molecule has 1 fully saturated rings. The minimum absolute atomic E-state index is 0.0598. The third-order valence-electron chi connectivity index (χ3n) is 6.97. The van der Waals surface area contributed by atoms with E-state index in [1.54, 1.807) is 6.07 Å². The summed E-state index contributed by atoms with van der Waals surface area (Å²) in [5.41, 5.74) is 1.12. The van der Waals surface area contributed by atoms with Gasteiger partial charge in [0.15, 0.2) is 0 Å². The van der Waals surface area contributed by atoms with Crippen LogP contribution in [0.15, 0.2) is 36.4 Å². The fourth-order valence-corrected chi connectivity index (χ4v) is 4.88. The third-order valence-corrected chi connectivity index (χ3v) is 6.97. The van der Waals surface area contributed by atoms with Crippen molar-refractivity contribution in [1.82, 2.24) is 20.1 Å². The lowest BCUT2D eigenvalue weighted by Gasteiger charge is -2.27. The molecule has 0 saturated carbocycles. The van der Waals surface area contributed by atoms with Gasteiger partial charge in [0.1, 0.15) is 11.5 Å². The molecule has 178 valence electrons. The highest BCUT2D eigenvalue weighted by atomic mass is 19.1. The predicted molar refractivity (Wildman–Crippen MR) is 134 cm³/mol. The second-order valence-electron chi connectivity index (χ2n) is 9.40. The Morgan fingerprint density at radius 2 is 1.82 bits per heavy atom. The van der Waals surface area contributed by atoms with Crippen molar-refractivity contribution < 1.29 is 9.18 Å². The van der Waals surface area contributed by atoms with Crippen molar-refractivity contribution in [2.75, 3.05) is 39.3 Å². The number of carbonyl (C=O) groups excluding carboxylic acids is 1. The number of hydrogen-bond acceptors (Lipinski definition) is 3. The molecule has 1 amide bonds. The number of halogens is 1. The molecule has 2 heterocycles. The quantitative estimate of drug-likeness (QED) is 0.471. The van der Waals surface area contributed by atoms with E-state index in [-0.39, 0.29) is 17.8 Å². The van der Waals surface area contributed by atoms with Gasteiger partial charge in [-0.15, -0.1) is 0 Å². The number of H-pyrrole nitrogens is 1. The van der Waals surface area contributed by atoms with Crippen LogP contribution in [0.1, 0.15) is 56.4 Å². The highest BCUT2D eigenvalue weighted by Gasteiger charge is 2.16. The molecule has 1 aliphatic rings. The molecule has 0 radical (unpaired) electrons. The van der Waals surface area contributed by atoms with Crippen LogP contribution in [-0.2, 0) is 0 Å². The number of fused-ring (bicyclic) bond motifs is 3. The lowest BCUT2D eigenvalue weighted by atomic mass is 10.1. The average molecular weight is 453 g/mol. The van der Waals surface area contributed by atoms with Gasteiger partial charge >= 0.3 is 0 Å². The van der Waals surface area contributed by atoms with Gasteiger partial charge in [0, 0.05) is 42.0 Å². The van der Waals surface area contributed by atoms with E-state index in [1.165, 1.54) is 44.8 Å². The number of nitrogens with one attached hydrogen (secondary N) is 2. The molecule has 6 heteroatoms. The molecular formula is C27H37FN4O. The Morgan fingerprint density at radius 1 is 1.09 bits per heavy atom. The predicted octanol–water partition coefficient (Wildman–Crippen LogP) is 5.17. The molecule has 5 nitrogen and oxygen atoms in total. The number of carbonyl (C=O) groups is 1. The summed E-state index contributed by atoms with van der Waals surface area (Å²) in [6.45, 7) is 10.9. The molecule has 1 saturated heterocycles. The van der Waals surface area contributed by atoms with Crippen LogP contribution in [0.25, 0.3) is 21.7 Å². The number of likely N-dealkylation sites (tertiary alicyclic amines) is 1. The van der Waals surface area contributed by atoms with Gasteiger partial charge in [0.25, 0.3) is 5.91 Å². The normalized spacial score (nSPS) is 16.4. The Kier molecular flexibility index (Phi) is 7.99. The van der Waals surface area contributed by atoms with Gasteiger partial charge < -0.3 is 20.1 Å². The SMILES string of the molecule is CCN(CCC(C)NC(=O)c1cc2c(cc(F)c3ccccc32)[nH]1)CCN1CCCCCC1. The number of nitrogens with zero attached hydrogens (tertiary/aromatic N) is 2. The van der Waals surface area contributed by atoms with Crippen molar-refractivity contribution in [1.29, 1.82) is 0 Å². The molecule has 3 aromatic rings. The molecule has 1 aliphatic heterocycles. The summed E-state index contributed by atoms with van der Waals surface area (Å²) in [4.78, 5) is 21.0. The largest absolute Gasteiger partial charge is 0.350 e. The Morgan fingerprint density at radius 3 is 2.55 bits per heavy atom. The molecule has 0 spiro atoms. The molecule has 1 unspecified atom stereocenters. The number of aromatic nitrogens is 1. The zero-order valence-electron chi connectivity index (χ0n) is 20.0. The first-order valence-corrected chi connectivity index (χ1v) is 12.5. The van der Waals surface area contributed by atoms with E-state index in [0.717, 1.165) is 43.4 Å². The Balaban J connectivity index is 1.31. The van der Waals surface area contributed by atoms with Crippen LogP contribution < -0.4 is 5.32 Å². The molecule has 1 atom stereocenters. The molecule has 1 aromatic heterocycles. The van der Waals surface area contributed by atoms with Crippen LogP contribution in [0, 0.1) is 5.82 Å². The smallest absolute Gasteiger partial charge is 0.267 e. The van der Waals surface area contributed by atoms with Crippen LogP contribution in [0.3, 0.4) is 0 Å². The first kappa shape index (κ1) is 23.7. The summed E-state index contributed by atoms with van der Waals surface area (Å²) in [6, 6.07) is 10.7. The summed E-state index contributed by atoms with van der Waals surface area (Å²) in [7, 11) is 0. The fourth-order valence-electron chi connectivity index (χ4n) is 4.88. The minimum atomic E-state index is -0.278. The molecule has 4 rings (SSSR count). The standard InChI is InChI=1S/C27H37FN4O/c1-3-31(16-17-32-13-8-4-5-9-14-32)15-12-20(2)29-27(33)26-18-23-21-10-6-7-11-22(21)24(28)19-25(23)30-26/h6-7,10-11,18-20,30H,3-5,8-9,12-17H2,1-2H3,(H,29,33). The maximum Gasteiger partial charge on any atom is 0.267 e. The van der Waals surface area contributed by atoms with Crippen LogP contribution >= 0.6 is 0 Å². The van der Waals surface area contributed by atoms with Gasteiger partial charge in [-0.1, -0.05) is 44.0 Å². The van der Waals surface area contributed by atoms with E-state index in [4.69, 9.17) is 0 Å². The maximum atomic E-state index is 14.4. The van der Waals surface area contributed by atoms with Crippen molar-refractivity contribution in [2.24, 2.45) is 0 Å². The summed E-state index contributed by atoms with van der Waals surface area (Å²) >= 11 is 0. The van der Waals surface area contributed by atoms with Gasteiger partial charge in [0.05, 0.1) is 0 Å². The zero-order chi connectivity index (χ0) is 23.2. The van der Waals surface area contributed by atoms with E-state index < -0.39 is 0 Å². The number of aromatic amines is 1. The van der Waals surface area contributed by atoms with Crippen LogP contribution in [0.5, 0.6) is 0 Å². The Hall–Kier alpha value is -2.44. The summed E-state index contributed by atoms with van der Waals surface area (Å²) in [5, 5.41) is 5.37. The van der Waals surface area contributed by atoms with Gasteiger partial charge in [-0.2, -0.15) is 0 Å². The first-order chi connectivity index (χ1) is 16.0. The highest BCUT2D eigenvalue weighted by Crippen LogP contribution is 2.28. The summed E-state index contributed by atoms with van der Waals surface area (Å²) in [6.07, 6.45) is 6.29. The molecule has 0 bridgehead atoms. The van der Waals surface area contributed by atoms with Crippen LogP contribution in [0.4, 0.5) is 4.39 Å². The number of benzene rings is 2. The second kappa shape index (κ2) is 11.1. The molecule has 2 aromatic carbocycles. The van der Waals surface area contributed by atoms with Crippen molar-refractivity contribution >= 4 is 27.6 Å². The van der Waals surface area contributed by atoms with Crippen LogP contribution in [-0.4, -0.2) is 66.0 Å². The number of likely N-dealkylation sites (N-methyl/N-ethyl adjacent to an activating group) is 1. The topological polar surface area (TPSA) is 51.4 Å². The third kappa shape index (κ3) is 5.92. The van der Waals surface area contributed by atoms with E-state index in [9.17, 15) is 9.18 Å². The van der Waals surface area contributed by atoms with Gasteiger partial charge in [-0.25, -0.2) is 4.39 Å². The van der Waals surface area contributed by atoms with E-state index in [2.05, 4.69) is 33.9 Å². The zero-order valence-corrected chi connectivity index (χ0v) is 20.0. The second-order valence-corrected chi connectivity index (χ2v) is 9.40. The maximum absolute atomic E-state index is 14.4. The Labute approximate surface area is 196 Å². The molecular weight excluding hydrogens is 415 g/mol. The molecule has 0 aliphatic carbocycles. The lowest BCUT2D eigenvalue weighted by molar-refractivity contribution is 0.0931. The van der Waals surface area contributed by atoms with E-state index in [1.807, 2.05) is 24.3 Å². The van der Waals surface area contributed by atoms with E-state index in [0.29, 0.717) is 16.6 Å². The molecule has 2 N–H and O–H groups in total. The summed E-state index contributed by atoms with van der Waals surface area (Å²) in [5.74, 6) is -0.420. The monoisotopic (exact) mass is 452 g/mol. The highest BCUT2D eigenvalue weighted by molar-refractivity contribution is 6.10.